The Kier molecular flexibility index (Phi) is 6.45. The lowest BCUT2D eigenvalue weighted by molar-refractivity contribution is 0.175. The molecular formula is C14H30N2O. The number of hydrogen-bond acceptors (Lipinski definition) is 3. The quantitative estimate of drug-likeness (QED) is 0.749. The highest BCUT2D eigenvalue weighted by molar-refractivity contribution is 4.80. The summed E-state index contributed by atoms with van der Waals surface area (Å²) in [5.41, 5.74) is 5.56. The van der Waals surface area contributed by atoms with Gasteiger partial charge in [-0.3, -0.25) is 0 Å². The molecule has 1 aliphatic rings. The van der Waals surface area contributed by atoms with Gasteiger partial charge in [0.1, 0.15) is 0 Å². The van der Waals surface area contributed by atoms with E-state index in [4.69, 9.17) is 10.8 Å². The van der Waals surface area contributed by atoms with Crippen LogP contribution in [0.5, 0.6) is 0 Å². The standard InChI is InChI=1S/C14H30N2O/c1-3-5-13-6-4-9-16(10-7-13)11-8-14(2,15)12-17/h13,17H,3-12,15H2,1-2H3. The number of aliphatic hydroxyl groups is 1. The van der Waals surface area contributed by atoms with Gasteiger partial charge in [0.25, 0.3) is 0 Å². The van der Waals surface area contributed by atoms with Crippen LogP contribution >= 0.6 is 0 Å². The van der Waals surface area contributed by atoms with Gasteiger partial charge in [-0.2, -0.15) is 0 Å². The lowest BCUT2D eigenvalue weighted by Crippen LogP contribution is -2.43. The Morgan fingerprint density at radius 2 is 2.12 bits per heavy atom. The molecule has 2 atom stereocenters. The van der Waals surface area contributed by atoms with Crippen molar-refractivity contribution in [1.29, 1.82) is 0 Å². The van der Waals surface area contributed by atoms with Crippen molar-refractivity contribution in [2.45, 2.75) is 57.9 Å². The van der Waals surface area contributed by atoms with Crippen molar-refractivity contribution in [3.63, 3.8) is 0 Å². The summed E-state index contributed by atoms with van der Waals surface area (Å²) in [7, 11) is 0. The molecule has 1 aliphatic heterocycles. The van der Waals surface area contributed by atoms with Crippen molar-refractivity contribution >= 4 is 0 Å². The number of nitrogens with two attached hydrogens (primary N) is 1. The van der Waals surface area contributed by atoms with Crippen molar-refractivity contribution in [3.05, 3.63) is 0 Å². The maximum absolute atomic E-state index is 9.15. The molecule has 1 rings (SSSR count). The molecule has 0 aromatic carbocycles. The van der Waals surface area contributed by atoms with Gasteiger partial charge in [-0.25, -0.2) is 0 Å². The van der Waals surface area contributed by atoms with Gasteiger partial charge >= 0.3 is 0 Å². The number of likely N-dealkylation sites (tertiary alicyclic amines) is 1. The largest absolute Gasteiger partial charge is 0.394 e. The second-order valence-corrected chi connectivity index (χ2v) is 5.99. The number of aliphatic hydroxyl groups excluding tert-OH is 1. The summed E-state index contributed by atoms with van der Waals surface area (Å²) in [6.07, 6.45) is 7.65. The summed E-state index contributed by atoms with van der Waals surface area (Å²) in [5, 5.41) is 9.15. The summed E-state index contributed by atoms with van der Waals surface area (Å²) >= 11 is 0. The first-order chi connectivity index (χ1) is 8.07. The molecule has 17 heavy (non-hydrogen) atoms. The average molecular weight is 242 g/mol. The first kappa shape index (κ1) is 14.9. The van der Waals surface area contributed by atoms with Gasteiger partial charge in [0, 0.05) is 5.54 Å². The minimum Gasteiger partial charge on any atom is -0.394 e. The van der Waals surface area contributed by atoms with E-state index < -0.39 is 5.54 Å². The molecule has 0 bridgehead atoms. The van der Waals surface area contributed by atoms with Crippen LogP contribution in [0, 0.1) is 5.92 Å². The Hall–Kier alpha value is -0.120. The molecule has 0 radical (unpaired) electrons. The second kappa shape index (κ2) is 7.34. The van der Waals surface area contributed by atoms with Gasteiger partial charge < -0.3 is 15.7 Å². The average Bonchev–Trinajstić information content (AvgIpc) is 2.53. The van der Waals surface area contributed by atoms with E-state index in [0.717, 1.165) is 18.9 Å². The Balaban J connectivity index is 2.27. The van der Waals surface area contributed by atoms with Crippen molar-refractivity contribution in [2.24, 2.45) is 11.7 Å². The molecule has 2 unspecified atom stereocenters. The second-order valence-electron chi connectivity index (χ2n) is 5.99. The van der Waals surface area contributed by atoms with Gasteiger partial charge in [0.05, 0.1) is 6.61 Å². The van der Waals surface area contributed by atoms with Crippen LogP contribution in [-0.4, -0.2) is 41.8 Å². The Morgan fingerprint density at radius 3 is 2.76 bits per heavy atom. The van der Waals surface area contributed by atoms with E-state index in [0.29, 0.717) is 0 Å². The Bertz CT molecular complexity index is 206. The zero-order valence-corrected chi connectivity index (χ0v) is 11.6. The van der Waals surface area contributed by atoms with Crippen LogP contribution in [0.4, 0.5) is 0 Å². The molecule has 1 heterocycles. The Labute approximate surface area is 106 Å². The van der Waals surface area contributed by atoms with E-state index in [2.05, 4.69) is 11.8 Å². The van der Waals surface area contributed by atoms with Crippen LogP contribution in [0.3, 0.4) is 0 Å². The van der Waals surface area contributed by atoms with Gasteiger partial charge in [0.2, 0.25) is 0 Å². The van der Waals surface area contributed by atoms with Crippen molar-refractivity contribution < 1.29 is 5.11 Å². The van der Waals surface area contributed by atoms with Gasteiger partial charge in [-0.1, -0.05) is 19.8 Å². The third kappa shape index (κ3) is 5.84. The summed E-state index contributed by atoms with van der Waals surface area (Å²) in [6, 6.07) is 0. The monoisotopic (exact) mass is 242 g/mol. The molecule has 1 saturated heterocycles. The van der Waals surface area contributed by atoms with Crippen LogP contribution in [-0.2, 0) is 0 Å². The first-order valence-corrected chi connectivity index (χ1v) is 7.19. The van der Waals surface area contributed by atoms with Crippen LogP contribution < -0.4 is 5.73 Å². The molecule has 0 amide bonds. The highest BCUT2D eigenvalue weighted by Gasteiger charge is 2.20. The zero-order chi connectivity index (χ0) is 12.7. The molecule has 102 valence electrons. The summed E-state index contributed by atoms with van der Waals surface area (Å²) in [6.45, 7) is 7.76. The third-order valence-electron chi connectivity index (χ3n) is 4.00. The predicted octanol–water partition coefficient (Wildman–Crippen LogP) is 1.99. The molecule has 0 saturated carbocycles. The molecule has 3 nitrogen and oxygen atoms in total. The fourth-order valence-corrected chi connectivity index (χ4v) is 2.64. The van der Waals surface area contributed by atoms with Gasteiger partial charge in [0.15, 0.2) is 0 Å². The molecule has 0 aromatic rings. The van der Waals surface area contributed by atoms with E-state index in [1.165, 1.54) is 45.2 Å². The fourth-order valence-electron chi connectivity index (χ4n) is 2.64. The van der Waals surface area contributed by atoms with Gasteiger partial charge in [-0.15, -0.1) is 0 Å². The maximum Gasteiger partial charge on any atom is 0.0608 e. The molecule has 1 fully saturated rings. The minimum atomic E-state index is -0.408. The predicted molar refractivity (Wildman–Crippen MR) is 73.0 cm³/mol. The SMILES string of the molecule is CCCC1CCCN(CCC(C)(N)CO)CC1. The highest BCUT2D eigenvalue weighted by Crippen LogP contribution is 2.22. The molecule has 3 N–H and O–H groups in total. The minimum absolute atomic E-state index is 0.0826. The van der Waals surface area contributed by atoms with E-state index in [9.17, 15) is 0 Å². The zero-order valence-electron chi connectivity index (χ0n) is 11.6. The van der Waals surface area contributed by atoms with Crippen LogP contribution in [0.1, 0.15) is 52.4 Å². The van der Waals surface area contributed by atoms with E-state index >= 15 is 0 Å². The molecule has 0 aliphatic carbocycles. The van der Waals surface area contributed by atoms with E-state index in [-0.39, 0.29) is 6.61 Å². The van der Waals surface area contributed by atoms with Crippen LogP contribution in [0.2, 0.25) is 0 Å². The third-order valence-corrected chi connectivity index (χ3v) is 4.00. The molecule has 0 spiro atoms. The number of hydrogen-bond donors (Lipinski definition) is 2. The maximum atomic E-state index is 9.15. The molecule has 3 heteroatoms. The van der Waals surface area contributed by atoms with Crippen LogP contribution in [0.15, 0.2) is 0 Å². The van der Waals surface area contributed by atoms with E-state index in [1.54, 1.807) is 0 Å². The van der Waals surface area contributed by atoms with Crippen molar-refractivity contribution in [3.8, 4) is 0 Å². The Morgan fingerprint density at radius 1 is 1.35 bits per heavy atom. The van der Waals surface area contributed by atoms with Crippen molar-refractivity contribution in [2.75, 3.05) is 26.2 Å². The molecular weight excluding hydrogens is 212 g/mol. The number of rotatable bonds is 6. The highest BCUT2D eigenvalue weighted by atomic mass is 16.3. The van der Waals surface area contributed by atoms with Crippen LogP contribution in [0.25, 0.3) is 0 Å². The fraction of sp³-hybridized carbons (Fsp3) is 1.00. The summed E-state index contributed by atoms with van der Waals surface area (Å²) in [5.74, 6) is 0.937. The first-order valence-electron chi connectivity index (χ1n) is 7.19. The summed E-state index contributed by atoms with van der Waals surface area (Å²) in [4.78, 5) is 2.52. The smallest absolute Gasteiger partial charge is 0.0608 e. The lowest BCUT2D eigenvalue weighted by Gasteiger charge is -2.27. The lowest BCUT2D eigenvalue weighted by atomic mass is 9.96. The normalized spacial score (nSPS) is 26.5. The number of nitrogens with zero attached hydrogens (tertiary/aromatic N) is 1. The van der Waals surface area contributed by atoms with Crippen molar-refractivity contribution in [1.82, 2.24) is 4.90 Å². The summed E-state index contributed by atoms with van der Waals surface area (Å²) < 4.78 is 0. The topological polar surface area (TPSA) is 49.5 Å². The van der Waals surface area contributed by atoms with E-state index in [1.807, 2.05) is 6.92 Å². The van der Waals surface area contributed by atoms with Gasteiger partial charge in [-0.05, 0) is 58.2 Å². The molecule has 0 aromatic heterocycles.